The Morgan fingerprint density at radius 1 is 0.903 bits per heavy atom. The summed E-state index contributed by atoms with van der Waals surface area (Å²) in [5.74, 6) is -0.239. The van der Waals surface area contributed by atoms with Crippen LogP contribution in [0.15, 0.2) is 53.4 Å². The van der Waals surface area contributed by atoms with Crippen LogP contribution >= 0.6 is 0 Å². The number of sulfonamides is 1. The number of likely N-dealkylation sites (N-methyl/N-ethyl adjacent to an activating group) is 1. The lowest BCUT2D eigenvalue weighted by Crippen LogP contribution is -2.44. The van der Waals surface area contributed by atoms with Crippen LogP contribution in [0.1, 0.15) is 42.7 Å². The van der Waals surface area contributed by atoms with Gasteiger partial charge in [0.05, 0.1) is 10.9 Å². The van der Waals surface area contributed by atoms with Crippen LogP contribution in [0.3, 0.4) is 0 Å². The Kier molecular flexibility index (Phi) is 7.35. The summed E-state index contributed by atoms with van der Waals surface area (Å²) in [5.41, 5.74) is 2.64. The molecular formula is C23H32N4O3S. The van der Waals surface area contributed by atoms with Crippen molar-refractivity contribution in [2.45, 2.75) is 37.8 Å². The summed E-state index contributed by atoms with van der Waals surface area (Å²) in [6.07, 6.45) is 0. The molecule has 0 bridgehead atoms. The van der Waals surface area contributed by atoms with E-state index in [-0.39, 0.29) is 22.9 Å². The SMILES string of the molecule is CC(C)NS(=O)(=O)c1ccc(C(=O)N[C@@H](C)c2ccc(N3CCN(C)CC3)cc2)cc1. The third-order valence-corrected chi connectivity index (χ3v) is 7.10. The number of benzene rings is 2. The van der Waals surface area contributed by atoms with Crippen molar-refractivity contribution in [2.75, 3.05) is 38.1 Å². The molecule has 2 aromatic carbocycles. The number of nitrogens with zero attached hydrogens (tertiary/aromatic N) is 2. The molecule has 1 amide bonds. The molecule has 7 nitrogen and oxygen atoms in total. The minimum atomic E-state index is -3.57. The van der Waals surface area contributed by atoms with E-state index in [9.17, 15) is 13.2 Å². The van der Waals surface area contributed by atoms with E-state index >= 15 is 0 Å². The third kappa shape index (κ3) is 6.06. The zero-order chi connectivity index (χ0) is 22.6. The quantitative estimate of drug-likeness (QED) is 0.686. The summed E-state index contributed by atoms with van der Waals surface area (Å²) in [5, 5.41) is 2.98. The van der Waals surface area contributed by atoms with Crippen molar-refractivity contribution in [1.82, 2.24) is 14.9 Å². The minimum absolute atomic E-state index is 0.144. The van der Waals surface area contributed by atoms with Gasteiger partial charge in [0.25, 0.3) is 5.91 Å². The molecule has 31 heavy (non-hydrogen) atoms. The second kappa shape index (κ2) is 9.80. The average Bonchev–Trinajstić information content (AvgIpc) is 2.73. The van der Waals surface area contributed by atoms with Gasteiger partial charge in [-0.15, -0.1) is 0 Å². The van der Waals surface area contributed by atoms with E-state index in [0.29, 0.717) is 5.56 Å². The Labute approximate surface area is 185 Å². The topological polar surface area (TPSA) is 81.7 Å². The minimum Gasteiger partial charge on any atom is -0.369 e. The van der Waals surface area contributed by atoms with Gasteiger partial charge in [-0.2, -0.15) is 0 Å². The molecule has 1 heterocycles. The second-order valence-corrected chi connectivity index (χ2v) is 10.1. The number of piperazine rings is 1. The Morgan fingerprint density at radius 2 is 1.48 bits per heavy atom. The largest absolute Gasteiger partial charge is 0.369 e. The van der Waals surface area contributed by atoms with Crippen molar-refractivity contribution in [3.8, 4) is 0 Å². The molecule has 2 aromatic rings. The first-order chi connectivity index (χ1) is 14.7. The average molecular weight is 445 g/mol. The van der Waals surface area contributed by atoms with Crippen LogP contribution in [0.4, 0.5) is 5.69 Å². The molecule has 0 aromatic heterocycles. The zero-order valence-electron chi connectivity index (χ0n) is 18.6. The molecule has 0 saturated carbocycles. The first-order valence-electron chi connectivity index (χ1n) is 10.6. The van der Waals surface area contributed by atoms with Crippen molar-refractivity contribution >= 4 is 21.6 Å². The summed E-state index contributed by atoms with van der Waals surface area (Å²) in [6, 6.07) is 13.9. The molecule has 0 radical (unpaired) electrons. The normalized spacial score (nSPS) is 16.4. The maximum absolute atomic E-state index is 12.6. The van der Waals surface area contributed by atoms with Crippen LogP contribution in [0.5, 0.6) is 0 Å². The summed E-state index contributed by atoms with van der Waals surface area (Å²) in [6.45, 7) is 9.61. The summed E-state index contributed by atoms with van der Waals surface area (Å²) >= 11 is 0. The van der Waals surface area contributed by atoms with Gasteiger partial charge < -0.3 is 15.1 Å². The number of hydrogen-bond donors (Lipinski definition) is 2. The predicted molar refractivity (Wildman–Crippen MR) is 124 cm³/mol. The van der Waals surface area contributed by atoms with Gasteiger partial charge in [0.2, 0.25) is 10.0 Å². The van der Waals surface area contributed by atoms with Crippen LogP contribution in [-0.2, 0) is 10.0 Å². The Morgan fingerprint density at radius 3 is 2.03 bits per heavy atom. The fourth-order valence-corrected chi connectivity index (χ4v) is 4.82. The molecule has 3 rings (SSSR count). The Balaban J connectivity index is 1.61. The second-order valence-electron chi connectivity index (χ2n) is 8.38. The fourth-order valence-electron chi connectivity index (χ4n) is 3.57. The van der Waals surface area contributed by atoms with Crippen molar-refractivity contribution in [2.24, 2.45) is 0 Å². The van der Waals surface area contributed by atoms with Crippen LogP contribution in [0.2, 0.25) is 0 Å². The predicted octanol–water partition coefficient (Wildman–Crippen LogP) is 2.62. The molecule has 1 aliphatic rings. The zero-order valence-corrected chi connectivity index (χ0v) is 19.4. The number of anilines is 1. The first-order valence-corrected chi connectivity index (χ1v) is 12.1. The van der Waals surface area contributed by atoms with Crippen molar-refractivity contribution in [3.63, 3.8) is 0 Å². The van der Waals surface area contributed by atoms with Crippen LogP contribution in [0.25, 0.3) is 0 Å². The van der Waals surface area contributed by atoms with Gasteiger partial charge in [-0.3, -0.25) is 4.79 Å². The van der Waals surface area contributed by atoms with Crippen molar-refractivity contribution in [1.29, 1.82) is 0 Å². The molecule has 1 aliphatic heterocycles. The standard InChI is InChI=1S/C23H32N4O3S/c1-17(2)25-31(29,30)22-11-7-20(8-12-22)23(28)24-18(3)19-5-9-21(10-6-19)27-15-13-26(4)14-16-27/h5-12,17-18,25H,13-16H2,1-4H3,(H,24,28)/t18-/m0/s1. The summed E-state index contributed by atoms with van der Waals surface area (Å²) in [7, 11) is -1.43. The van der Waals surface area contributed by atoms with Crippen molar-refractivity contribution < 1.29 is 13.2 Å². The monoisotopic (exact) mass is 444 g/mol. The number of amides is 1. The fraction of sp³-hybridized carbons (Fsp3) is 0.435. The highest BCUT2D eigenvalue weighted by molar-refractivity contribution is 7.89. The van der Waals surface area contributed by atoms with Gasteiger partial charge in [-0.1, -0.05) is 12.1 Å². The lowest BCUT2D eigenvalue weighted by molar-refractivity contribution is 0.0940. The number of hydrogen-bond acceptors (Lipinski definition) is 5. The molecule has 0 unspecified atom stereocenters. The smallest absolute Gasteiger partial charge is 0.251 e. The lowest BCUT2D eigenvalue weighted by atomic mass is 10.1. The maximum atomic E-state index is 12.6. The molecule has 1 atom stereocenters. The molecule has 1 fully saturated rings. The van der Waals surface area contributed by atoms with Gasteiger partial charge in [0.15, 0.2) is 0 Å². The van der Waals surface area contributed by atoms with Gasteiger partial charge in [-0.05, 0) is 69.8 Å². The highest BCUT2D eigenvalue weighted by Gasteiger charge is 2.18. The number of carbonyl (C=O) groups is 1. The van der Waals surface area contributed by atoms with Crippen molar-refractivity contribution in [3.05, 3.63) is 59.7 Å². The molecule has 8 heteroatoms. The lowest BCUT2D eigenvalue weighted by Gasteiger charge is -2.34. The Bertz CT molecular complexity index is 980. The van der Waals surface area contributed by atoms with E-state index in [1.54, 1.807) is 13.8 Å². The molecular weight excluding hydrogens is 412 g/mol. The van der Waals surface area contributed by atoms with Crippen LogP contribution in [0, 0.1) is 0 Å². The van der Waals surface area contributed by atoms with Crippen LogP contribution < -0.4 is 14.9 Å². The van der Waals surface area contributed by atoms with E-state index in [1.165, 1.54) is 30.0 Å². The highest BCUT2D eigenvalue weighted by atomic mass is 32.2. The van der Waals surface area contributed by atoms with Gasteiger partial charge >= 0.3 is 0 Å². The van der Waals surface area contributed by atoms with E-state index < -0.39 is 10.0 Å². The van der Waals surface area contributed by atoms with Gasteiger partial charge in [0.1, 0.15) is 0 Å². The molecule has 1 saturated heterocycles. The molecule has 0 spiro atoms. The maximum Gasteiger partial charge on any atom is 0.251 e. The van der Waals surface area contributed by atoms with E-state index in [4.69, 9.17) is 0 Å². The van der Waals surface area contributed by atoms with Gasteiger partial charge in [0, 0.05) is 43.5 Å². The van der Waals surface area contributed by atoms with E-state index in [0.717, 1.165) is 31.7 Å². The molecule has 168 valence electrons. The third-order valence-electron chi connectivity index (χ3n) is 5.43. The first kappa shape index (κ1) is 23.2. The van der Waals surface area contributed by atoms with E-state index in [2.05, 4.69) is 39.0 Å². The van der Waals surface area contributed by atoms with Crippen LogP contribution in [-0.4, -0.2) is 58.5 Å². The highest BCUT2D eigenvalue weighted by Crippen LogP contribution is 2.21. The number of nitrogens with one attached hydrogen (secondary N) is 2. The number of carbonyl (C=O) groups excluding carboxylic acids is 1. The van der Waals surface area contributed by atoms with Gasteiger partial charge in [-0.25, -0.2) is 13.1 Å². The molecule has 2 N–H and O–H groups in total. The van der Waals surface area contributed by atoms with E-state index in [1.807, 2.05) is 19.1 Å². The molecule has 0 aliphatic carbocycles. The summed E-state index contributed by atoms with van der Waals surface area (Å²) < 4.78 is 27.0. The number of rotatable bonds is 7. The Hall–Kier alpha value is -2.42. The summed E-state index contributed by atoms with van der Waals surface area (Å²) in [4.78, 5) is 17.5.